The molecule has 0 aliphatic carbocycles. The predicted molar refractivity (Wildman–Crippen MR) is 88.8 cm³/mol. The van der Waals surface area contributed by atoms with Crippen LogP contribution < -0.4 is 0 Å². The van der Waals surface area contributed by atoms with Crippen LogP contribution in [0.1, 0.15) is 35.6 Å². The lowest BCUT2D eigenvalue weighted by Crippen LogP contribution is -2.41. The van der Waals surface area contributed by atoms with Crippen LogP contribution in [0.3, 0.4) is 0 Å². The summed E-state index contributed by atoms with van der Waals surface area (Å²) in [6, 6.07) is 4.02. The van der Waals surface area contributed by atoms with Crippen molar-refractivity contribution in [2.24, 2.45) is 0 Å². The number of carbonyl (C=O) groups is 1. The molecule has 1 aliphatic heterocycles. The number of hydrogen-bond acceptors (Lipinski definition) is 3. The summed E-state index contributed by atoms with van der Waals surface area (Å²) >= 11 is 0. The van der Waals surface area contributed by atoms with Gasteiger partial charge < -0.3 is 4.90 Å². The van der Waals surface area contributed by atoms with Gasteiger partial charge in [-0.25, -0.2) is 8.42 Å². The van der Waals surface area contributed by atoms with E-state index in [1.165, 1.54) is 11.1 Å². The van der Waals surface area contributed by atoms with Gasteiger partial charge in [-0.2, -0.15) is 0 Å². The third-order valence-electron chi connectivity index (χ3n) is 4.60. The molecule has 0 bridgehead atoms. The van der Waals surface area contributed by atoms with Gasteiger partial charge in [-0.3, -0.25) is 4.79 Å². The van der Waals surface area contributed by atoms with Crippen LogP contribution in [0.4, 0.5) is 0 Å². The number of carbonyl (C=O) groups excluding carboxylic acids is 1. The molecular formula is C17H25NO3S. The van der Waals surface area contributed by atoms with Crippen LogP contribution in [-0.4, -0.2) is 43.3 Å². The second-order valence-corrected chi connectivity index (χ2v) is 8.51. The first-order chi connectivity index (χ1) is 10.2. The van der Waals surface area contributed by atoms with Crippen LogP contribution in [0.25, 0.3) is 0 Å². The van der Waals surface area contributed by atoms with E-state index < -0.39 is 9.84 Å². The summed E-state index contributed by atoms with van der Waals surface area (Å²) in [5.74, 6) is 0.332. The standard InChI is InChI=1S/C17H25NO3S/c1-5-18(16-6-7-22(20,21)11-16)17(19)10-15-9-13(3)12(2)8-14(15)4/h8-9,16H,5-7,10-11H2,1-4H3. The number of hydrogen-bond donors (Lipinski definition) is 0. The molecule has 1 fully saturated rings. The largest absolute Gasteiger partial charge is 0.339 e. The SMILES string of the molecule is CCN(C(=O)Cc1cc(C)c(C)cc1C)C1CCS(=O)(=O)C1. The lowest BCUT2D eigenvalue weighted by molar-refractivity contribution is -0.132. The van der Waals surface area contributed by atoms with Crippen molar-refractivity contribution in [1.82, 2.24) is 4.90 Å². The Hall–Kier alpha value is -1.36. The van der Waals surface area contributed by atoms with Gasteiger partial charge in [0.25, 0.3) is 0 Å². The highest BCUT2D eigenvalue weighted by atomic mass is 32.2. The molecule has 1 amide bonds. The van der Waals surface area contributed by atoms with Gasteiger partial charge in [-0.05, 0) is 56.4 Å². The molecule has 1 unspecified atom stereocenters. The molecule has 1 aromatic rings. The average molecular weight is 323 g/mol. The number of amides is 1. The molecule has 4 nitrogen and oxygen atoms in total. The molecule has 0 spiro atoms. The lowest BCUT2D eigenvalue weighted by Gasteiger charge is -2.27. The first-order valence-electron chi connectivity index (χ1n) is 7.80. The van der Waals surface area contributed by atoms with Gasteiger partial charge in [-0.1, -0.05) is 12.1 Å². The van der Waals surface area contributed by atoms with Crippen LogP contribution in [0.2, 0.25) is 0 Å². The number of sulfone groups is 1. The van der Waals surface area contributed by atoms with E-state index in [0.717, 1.165) is 11.1 Å². The summed E-state index contributed by atoms with van der Waals surface area (Å²) in [4.78, 5) is 14.4. The number of likely N-dealkylation sites (N-methyl/N-ethyl adjacent to an activating group) is 1. The minimum Gasteiger partial charge on any atom is -0.339 e. The molecule has 2 rings (SSSR count). The minimum atomic E-state index is -2.97. The minimum absolute atomic E-state index is 0.0240. The zero-order valence-corrected chi connectivity index (χ0v) is 14.7. The van der Waals surface area contributed by atoms with E-state index >= 15 is 0 Å². The van der Waals surface area contributed by atoms with Crippen molar-refractivity contribution in [1.29, 1.82) is 0 Å². The zero-order chi connectivity index (χ0) is 16.5. The summed E-state index contributed by atoms with van der Waals surface area (Å²) in [6.07, 6.45) is 0.908. The molecule has 0 saturated carbocycles. The second kappa shape index (κ2) is 6.41. The Bertz CT molecular complexity index is 679. The molecule has 0 N–H and O–H groups in total. The maximum absolute atomic E-state index is 12.6. The molecule has 1 aromatic carbocycles. The average Bonchev–Trinajstić information content (AvgIpc) is 2.77. The summed E-state index contributed by atoms with van der Waals surface area (Å²) in [6.45, 7) is 8.60. The van der Waals surface area contributed by atoms with E-state index in [2.05, 4.69) is 19.1 Å². The quantitative estimate of drug-likeness (QED) is 0.853. The molecule has 1 atom stereocenters. The maximum atomic E-state index is 12.6. The summed E-state index contributed by atoms with van der Waals surface area (Å²) < 4.78 is 23.3. The number of nitrogens with zero attached hydrogens (tertiary/aromatic N) is 1. The highest BCUT2D eigenvalue weighted by Crippen LogP contribution is 2.21. The van der Waals surface area contributed by atoms with Crippen LogP contribution in [0.5, 0.6) is 0 Å². The Labute approximate surface area is 133 Å². The summed E-state index contributed by atoms with van der Waals surface area (Å²) in [5.41, 5.74) is 4.56. The molecular weight excluding hydrogens is 298 g/mol. The summed E-state index contributed by atoms with van der Waals surface area (Å²) in [5, 5.41) is 0. The van der Waals surface area contributed by atoms with E-state index in [9.17, 15) is 13.2 Å². The van der Waals surface area contributed by atoms with Gasteiger partial charge in [-0.15, -0.1) is 0 Å². The highest BCUT2D eigenvalue weighted by molar-refractivity contribution is 7.91. The molecule has 122 valence electrons. The third-order valence-corrected chi connectivity index (χ3v) is 6.35. The molecule has 1 saturated heterocycles. The van der Waals surface area contributed by atoms with Gasteiger partial charge in [0.2, 0.25) is 5.91 Å². The van der Waals surface area contributed by atoms with E-state index in [4.69, 9.17) is 0 Å². The Morgan fingerprint density at radius 2 is 1.82 bits per heavy atom. The van der Waals surface area contributed by atoms with Gasteiger partial charge in [0.1, 0.15) is 0 Å². The van der Waals surface area contributed by atoms with Gasteiger partial charge >= 0.3 is 0 Å². The molecule has 0 radical (unpaired) electrons. The first kappa shape index (κ1) is 17.0. The fourth-order valence-corrected chi connectivity index (χ4v) is 4.87. The van der Waals surface area contributed by atoms with Crippen molar-refractivity contribution >= 4 is 15.7 Å². The van der Waals surface area contributed by atoms with Gasteiger partial charge in [0.05, 0.1) is 17.9 Å². The molecule has 5 heteroatoms. The Morgan fingerprint density at radius 1 is 1.18 bits per heavy atom. The maximum Gasteiger partial charge on any atom is 0.227 e. The number of rotatable bonds is 4. The fraction of sp³-hybridized carbons (Fsp3) is 0.588. The highest BCUT2D eigenvalue weighted by Gasteiger charge is 2.33. The normalized spacial score (nSPS) is 20.1. The third kappa shape index (κ3) is 3.69. The van der Waals surface area contributed by atoms with Crippen molar-refractivity contribution in [3.8, 4) is 0 Å². The Balaban J connectivity index is 2.15. The van der Waals surface area contributed by atoms with Crippen molar-refractivity contribution in [3.63, 3.8) is 0 Å². The lowest BCUT2D eigenvalue weighted by atomic mass is 9.98. The van der Waals surface area contributed by atoms with Crippen molar-refractivity contribution < 1.29 is 13.2 Å². The Kier molecular flexibility index (Phi) is 4.95. The molecule has 1 heterocycles. The molecule has 1 aliphatic rings. The zero-order valence-electron chi connectivity index (χ0n) is 13.8. The summed E-state index contributed by atoms with van der Waals surface area (Å²) in [7, 11) is -2.97. The van der Waals surface area contributed by atoms with Gasteiger partial charge in [0.15, 0.2) is 9.84 Å². The topological polar surface area (TPSA) is 54.5 Å². The smallest absolute Gasteiger partial charge is 0.227 e. The monoisotopic (exact) mass is 323 g/mol. The molecule has 0 aromatic heterocycles. The van der Waals surface area contributed by atoms with E-state index in [1.54, 1.807) is 4.90 Å². The number of benzene rings is 1. The van der Waals surface area contributed by atoms with E-state index in [1.807, 2.05) is 20.8 Å². The van der Waals surface area contributed by atoms with Crippen LogP contribution in [-0.2, 0) is 21.1 Å². The molecule has 22 heavy (non-hydrogen) atoms. The van der Waals surface area contributed by atoms with E-state index in [-0.39, 0.29) is 23.5 Å². The number of aryl methyl sites for hydroxylation is 3. The van der Waals surface area contributed by atoms with E-state index in [0.29, 0.717) is 19.4 Å². The first-order valence-corrected chi connectivity index (χ1v) is 9.62. The second-order valence-electron chi connectivity index (χ2n) is 6.28. The van der Waals surface area contributed by atoms with Crippen molar-refractivity contribution in [2.75, 3.05) is 18.1 Å². The Morgan fingerprint density at radius 3 is 2.36 bits per heavy atom. The van der Waals surface area contributed by atoms with Crippen molar-refractivity contribution in [2.45, 2.75) is 46.6 Å². The fourth-order valence-electron chi connectivity index (χ4n) is 3.13. The van der Waals surface area contributed by atoms with Crippen molar-refractivity contribution in [3.05, 3.63) is 34.4 Å². The van der Waals surface area contributed by atoms with Crippen LogP contribution >= 0.6 is 0 Å². The van der Waals surface area contributed by atoms with Gasteiger partial charge in [0, 0.05) is 12.6 Å². The van der Waals surface area contributed by atoms with Crippen LogP contribution in [0.15, 0.2) is 12.1 Å². The van der Waals surface area contributed by atoms with Crippen LogP contribution in [0, 0.1) is 20.8 Å². The predicted octanol–water partition coefficient (Wildman–Crippen LogP) is 2.19.